The van der Waals surface area contributed by atoms with Gasteiger partial charge < -0.3 is 20.1 Å². The van der Waals surface area contributed by atoms with E-state index >= 15 is 0 Å². The van der Waals surface area contributed by atoms with Crippen molar-refractivity contribution < 1.29 is 9.47 Å². The molecule has 0 atom stereocenters. The van der Waals surface area contributed by atoms with Crippen LogP contribution in [0, 0.1) is 5.92 Å². The van der Waals surface area contributed by atoms with Gasteiger partial charge in [-0.15, -0.1) is 0 Å². The molecule has 124 valence electrons. The van der Waals surface area contributed by atoms with E-state index in [2.05, 4.69) is 52.3 Å². The lowest BCUT2D eigenvalue weighted by Crippen LogP contribution is -2.39. The van der Waals surface area contributed by atoms with E-state index in [-0.39, 0.29) is 0 Å². The summed E-state index contributed by atoms with van der Waals surface area (Å²) in [6, 6.07) is 3.84. The molecule has 22 heavy (non-hydrogen) atoms. The third-order valence-corrected chi connectivity index (χ3v) is 3.72. The smallest absolute Gasteiger partial charge is 0.191 e. The molecule has 0 aliphatic rings. The lowest BCUT2D eigenvalue weighted by Gasteiger charge is -2.14. The monoisotopic (exact) mass is 371 g/mol. The number of rotatable bonds is 7. The fourth-order valence-corrected chi connectivity index (χ4v) is 2.27. The molecule has 0 fully saturated rings. The largest absolute Gasteiger partial charge is 0.493 e. The van der Waals surface area contributed by atoms with Gasteiger partial charge in [-0.05, 0) is 30.5 Å². The molecule has 0 aliphatic heterocycles. The van der Waals surface area contributed by atoms with E-state index in [9.17, 15) is 0 Å². The molecule has 0 aliphatic carbocycles. The fourth-order valence-electron chi connectivity index (χ4n) is 1.82. The maximum Gasteiger partial charge on any atom is 0.191 e. The molecule has 0 spiro atoms. The van der Waals surface area contributed by atoms with Gasteiger partial charge in [-0.2, -0.15) is 0 Å². The Morgan fingerprint density at radius 1 is 1.18 bits per heavy atom. The Bertz CT molecular complexity index is 504. The molecule has 0 radical (unpaired) electrons. The van der Waals surface area contributed by atoms with Crippen LogP contribution in [0.15, 0.2) is 21.6 Å². The van der Waals surface area contributed by atoms with Crippen LogP contribution in [0.4, 0.5) is 0 Å². The van der Waals surface area contributed by atoms with Gasteiger partial charge in [-0.3, -0.25) is 0 Å². The minimum absolute atomic E-state index is 0.550. The first-order chi connectivity index (χ1) is 10.5. The van der Waals surface area contributed by atoms with E-state index in [4.69, 9.17) is 9.47 Å². The van der Waals surface area contributed by atoms with Crippen LogP contribution < -0.4 is 20.1 Å². The molecule has 0 saturated heterocycles. The average molecular weight is 372 g/mol. The Hall–Kier alpha value is -1.43. The number of benzene rings is 1. The molecular weight excluding hydrogens is 346 g/mol. The van der Waals surface area contributed by atoms with Crippen LogP contribution in [0.25, 0.3) is 0 Å². The molecular formula is C16H26BrN3O2. The highest BCUT2D eigenvalue weighted by Gasteiger charge is 2.09. The number of aliphatic imine (C=N–C) groups is 1. The topological polar surface area (TPSA) is 54.9 Å². The Morgan fingerprint density at radius 3 is 2.36 bits per heavy atom. The van der Waals surface area contributed by atoms with Crippen LogP contribution in [0.2, 0.25) is 0 Å². The predicted molar refractivity (Wildman–Crippen MR) is 94.9 cm³/mol. The first-order valence-electron chi connectivity index (χ1n) is 7.44. The van der Waals surface area contributed by atoms with Crippen LogP contribution in [-0.4, -0.2) is 33.3 Å². The molecule has 0 unspecified atom stereocenters. The molecule has 5 nitrogen and oxygen atoms in total. The molecule has 0 saturated carbocycles. The minimum Gasteiger partial charge on any atom is -0.493 e. The van der Waals surface area contributed by atoms with Crippen molar-refractivity contribution in [2.45, 2.75) is 27.3 Å². The van der Waals surface area contributed by atoms with Crippen molar-refractivity contribution in [3.05, 3.63) is 22.2 Å². The van der Waals surface area contributed by atoms with Crippen molar-refractivity contribution in [1.29, 1.82) is 0 Å². The number of guanidine groups is 1. The SMILES string of the molecule is CCNC(=NCc1cc(OC)c(OC)cc1Br)NCC(C)C. The van der Waals surface area contributed by atoms with Gasteiger partial charge in [0.2, 0.25) is 0 Å². The van der Waals surface area contributed by atoms with Crippen LogP contribution in [0.5, 0.6) is 11.5 Å². The van der Waals surface area contributed by atoms with E-state index in [1.165, 1.54) is 0 Å². The zero-order chi connectivity index (χ0) is 16.5. The highest BCUT2D eigenvalue weighted by atomic mass is 79.9. The minimum atomic E-state index is 0.550. The highest BCUT2D eigenvalue weighted by molar-refractivity contribution is 9.10. The summed E-state index contributed by atoms with van der Waals surface area (Å²) in [6.45, 7) is 8.66. The fraction of sp³-hybridized carbons (Fsp3) is 0.562. The van der Waals surface area contributed by atoms with Gasteiger partial charge in [0.1, 0.15) is 0 Å². The summed E-state index contributed by atoms with van der Waals surface area (Å²) in [5, 5.41) is 6.58. The third kappa shape index (κ3) is 5.75. The van der Waals surface area contributed by atoms with Gasteiger partial charge >= 0.3 is 0 Å². The summed E-state index contributed by atoms with van der Waals surface area (Å²) in [5.41, 5.74) is 1.04. The number of nitrogens with one attached hydrogen (secondary N) is 2. The van der Waals surface area contributed by atoms with Gasteiger partial charge in [0, 0.05) is 17.6 Å². The second-order valence-corrected chi connectivity index (χ2v) is 6.12. The molecule has 1 aromatic rings. The van der Waals surface area contributed by atoms with E-state index in [0.717, 1.165) is 29.1 Å². The zero-order valence-corrected chi connectivity index (χ0v) is 15.6. The molecule has 0 amide bonds. The number of hydrogen-bond acceptors (Lipinski definition) is 3. The zero-order valence-electron chi connectivity index (χ0n) is 14.0. The molecule has 0 heterocycles. The quantitative estimate of drug-likeness (QED) is 0.570. The number of ether oxygens (including phenoxy) is 2. The summed E-state index contributed by atoms with van der Waals surface area (Å²) in [5.74, 6) is 2.79. The normalized spacial score (nSPS) is 11.5. The van der Waals surface area contributed by atoms with Crippen molar-refractivity contribution in [1.82, 2.24) is 10.6 Å². The maximum absolute atomic E-state index is 5.34. The van der Waals surface area contributed by atoms with Gasteiger partial charge in [0.05, 0.1) is 20.8 Å². The standard InChI is InChI=1S/C16H26BrN3O2/c1-6-18-16(19-9-11(2)3)20-10-12-7-14(21-4)15(22-5)8-13(12)17/h7-8,11H,6,9-10H2,1-5H3,(H2,18,19,20). The predicted octanol–water partition coefficient (Wildman–Crippen LogP) is 3.18. The summed E-state index contributed by atoms with van der Waals surface area (Å²) in [7, 11) is 3.26. The van der Waals surface area contributed by atoms with Gasteiger partial charge in [-0.25, -0.2) is 4.99 Å². The maximum atomic E-state index is 5.34. The van der Waals surface area contributed by atoms with E-state index < -0.39 is 0 Å². The van der Waals surface area contributed by atoms with Crippen molar-refractivity contribution in [2.24, 2.45) is 10.9 Å². The van der Waals surface area contributed by atoms with Crippen molar-refractivity contribution >= 4 is 21.9 Å². The molecule has 6 heteroatoms. The van der Waals surface area contributed by atoms with Crippen LogP contribution in [0.3, 0.4) is 0 Å². The summed E-state index contributed by atoms with van der Waals surface area (Å²) in [4.78, 5) is 4.62. The van der Waals surface area contributed by atoms with Crippen molar-refractivity contribution in [2.75, 3.05) is 27.3 Å². The Kier molecular flexibility index (Phi) is 8.09. The molecule has 0 bridgehead atoms. The van der Waals surface area contributed by atoms with E-state index in [1.54, 1.807) is 14.2 Å². The van der Waals surface area contributed by atoms with Crippen LogP contribution in [0.1, 0.15) is 26.3 Å². The van der Waals surface area contributed by atoms with Crippen molar-refractivity contribution in [3.8, 4) is 11.5 Å². The number of nitrogens with zero attached hydrogens (tertiary/aromatic N) is 1. The second kappa shape index (κ2) is 9.56. The lowest BCUT2D eigenvalue weighted by atomic mass is 10.2. The summed E-state index contributed by atoms with van der Waals surface area (Å²) >= 11 is 3.56. The molecule has 2 N–H and O–H groups in total. The Morgan fingerprint density at radius 2 is 1.82 bits per heavy atom. The molecule has 0 aromatic heterocycles. The van der Waals surface area contributed by atoms with Crippen molar-refractivity contribution in [3.63, 3.8) is 0 Å². The van der Waals surface area contributed by atoms with E-state index in [0.29, 0.717) is 24.0 Å². The first kappa shape index (κ1) is 18.6. The van der Waals surface area contributed by atoms with Gasteiger partial charge in [0.25, 0.3) is 0 Å². The Labute approximate surface area is 141 Å². The first-order valence-corrected chi connectivity index (χ1v) is 8.23. The average Bonchev–Trinajstić information content (AvgIpc) is 2.50. The van der Waals surface area contributed by atoms with Gasteiger partial charge in [-0.1, -0.05) is 29.8 Å². The highest BCUT2D eigenvalue weighted by Crippen LogP contribution is 2.33. The lowest BCUT2D eigenvalue weighted by molar-refractivity contribution is 0.354. The second-order valence-electron chi connectivity index (χ2n) is 5.27. The van der Waals surface area contributed by atoms with Crippen LogP contribution >= 0.6 is 15.9 Å². The number of halogens is 1. The number of methoxy groups -OCH3 is 2. The van der Waals surface area contributed by atoms with Crippen LogP contribution in [-0.2, 0) is 6.54 Å². The molecule has 1 aromatic carbocycles. The number of hydrogen-bond donors (Lipinski definition) is 2. The summed E-state index contributed by atoms with van der Waals surface area (Å²) < 4.78 is 11.6. The third-order valence-electron chi connectivity index (χ3n) is 2.98. The van der Waals surface area contributed by atoms with E-state index in [1.807, 2.05) is 12.1 Å². The van der Waals surface area contributed by atoms with Gasteiger partial charge in [0.15, 0.2) is 17.5 Å². The summed E-state index contributed by atoms with van der Waals surface area (Å²) in [6.07, 6.45) is 0. The Balaban J connectivity index is 2.88. The molecule has 1 rings (SSSR count).